The number of carbonyl (C=O) groups is 1. The van der Waals surface area contributed by atoms with Crippen LogP contribution in [0, 0.1) is 18.6 Å². The van der Waals surface area contributed by atoms with Crippen LogP contribution in [0.4, 0.5) is 20.2 Å². The average Bonchev–Trinajstić information content (AvgIpc) is 2.71. The Morgan fingerprint density at radius 1 is 1.17 bits per heavy atom. The average molecular weight is 419 g/mol. The smallest absolute Gasteiger partial charge is 0.240 e. The number of anilines is 1. The fourth-order valence-corrected chi connectivity index (χ4v) is 3.34. The van der Waals surface area contributed by atoms with Gasteiger partial charge >= 0.3 is 0 Å². The van der Waals surface area contributed by atoms with Gasteiger partial charge < -0.3 is 14.5 Å². The van der Waals surface area contributed by atoms with E-state index >= 15 is 0 Å². The van der Waals surface area contributed by atoms with Crippen LogP contribution in [-0.4, -0.2) is 60.1 Å². The number of hydroxylamine groups is 1. The number of hydrogen-bond acceptors (Lipinski definition) is 6. The summed E-state index contributed by atoms with van der Waals surface area (Å²) in [7, 11) is 1.44. The number of nitrogens with one attached hydrogen (secondary N) is 1. The third kappa shape index (κ3) is 4.65. The summed E-state index contributed by atoms with van der Waals surface area (Å²) in [5, 5.41) is 9.63. The van der Waals surface area contributed by atoms with E-state index in [1.54, 1.807) is 17.9 Å². The zero-order valence-electron chi connectivity index (χ0n) is 16.9. The highest BCUT2D eigenvalue weighted by Gasteiger charge is 2.22. The van der Waals surface area contributed by atoms with E-state index in [9.17, 15) is 18.8 Å². The van der Waals surface area contributed by atoms with Gasteiger partial charge in [-0.2, -0.15) is 0 Å². The number of nitrogens with zero attached hydrogens (tertiary/aromatic N) is 4. The first kappa shape index (κ1) is 21.4. The van der Waals surface area contributed by atoms with Crippen molar-refractivity contribution in [3.8, 4) is 5.88 Å². The van der Waals surface area contributed by atoms with Crippen molar-refractivity contribution in [1.29, 1.82) is 0 Å². The van der Waals surface area contributed by atoms with Gasteiger partial charge in [0.05, 0.1) is 12.8 Å². The van der Waals surface area contributed by atoms with Crippen LogP contribution in [0.2, 0.25) is 0 Å². The SMILES string of the molecule is COc1nc(C)c(C(C)=O)cc1N=C(NO)N1CCN(c2cc(F)cc(F)c2)CC1. The number of benzene rings is 1. The number of rotatable bonds is 4. The normalized spacial score (nSPS) is 14.7. The maximum Gasteiger partial charge on any atom is 0.240 e. The second kappa shape index (κ2) is 9.04. The number of pyridine rings is 1. The summed E-state index contributed by atoms with van der Waals surface area (Å²) in [5.41, 5.74) is 3.75. The number of hydrogen-bond donors (Lipinski definition) is 2. The molecule has 2 N–H and O–H groups in total. The molecule has 0 unspecified atom stereocenters. The van der Waals surface area contributed by atoms with Gasteiger partial charge in [0.1, 0.15) is 17.3 Å². The molecule has 1 fully saturated rings. The Morgan fingerprint density at radius 2 is 1.80 bits per heavy atom. The Hall–Kier alpha value is -3.27. The van der Waals surface area contributed by atoms with E-state index in [2.05, 4.69) is 15.5 Å². The molecule has 0 spiro atoms. The van der Waals surface area contributed by atoms with Crippen LogP contribution in [0.3, 0.4) is 0 Å². The fraction of sp³-hybridized carbons (Fsp3) is 0.350. The minimum Gasteiger partial charge on any atom is -0.479 e. The van der Waals surface area contributed by atoms with Gasteiger partial charge in [-0.05, 0) is 32.0 Å². The van der Waals surface area contributed by atoms with E-state index in [0.29, 0.717) is 48.8 Å². The molecule has 3 rings (SSSR count). The number of Topliss-reactive ketones (excluding diaryl/α,β-unsaturated/α-hetero) is 1. The molecule has 0 amide bonds. The lowest BCUT2D eigenvalue weighted by Crippen LogP contribution is -2.52. The number of guanidine groups is 1. The van der Waals surface area contributed by atoms with Crippen LogP contribution in [0.1, 0.15) is 23.0 Å². The Kier molecular flexibility index (Phi) is 6.46. The highest BCUT2D eigenvalue weighted by Crippen LogP contribution is 2.28. The molecule has 1 saturated heterocycles. The second-order valence-corrected chi connectivity index (χ2v) is 6.85. The molecule has 0 radical (unpaired) electrons. The van der Waals surface area contributed by atoms with Crippen LogP contribution in [0.5, 0.6) is 5.88 Å². The van der Waals surface area contributed by atoms with Gasteiger partial charge in [0.2, 0.25) is 11.8 Å². The Bertz CT molecular complexity index is 955. The molecule has 1 aliphatic rings. The molecular weight excluding hydrogens is 396 g/mol. The molecule has 2 aromatic rings. The number of ketones is 1. The molecule has 1 aliphatic heterocycles. The number of methoxy groups -OCH3 is 1. The van der Waals surface area contributed by atoms with Crippen LogP contribution in [0.15, 0.2) is 29.3 Å². The lowest BCUT2D eigenvalue weighted by molar-refractivity contribution is 0.101. The molecule has 0 bridgehead atoms. The zero-order valence-corrected chi connectivity index (χ0v) is 16.9. The summed E-state index contributed by atoms with van der Waals surface area (Å²) < 4.78 is 32.2. The summed E-state index contributed by atoms with van der Waals surface area (Å²) in [4.78, 5) is 24.1. The van der Waals surface area contributed by atoms with Gasteiger partial charge in [0.25, 0.3) is 0 Å². The zero-order chi connectivity index (χ0) is 21.8. The summed E-state index contributed by atoms with van der Waals surface area (Å²) in [6.45, 7) is 4.94. The number of halogens is 2. The minimum atomic E-state index is -0.632. The van der Waals surface area contributed by atoms with Crippen molar-refractivity contribution in [2.75, 3.05) is 38.2 Å². The van der Waals surface area contributed by atoms with Gasteiger partial charge in [-0.25, -0.2) is 24.2 Å². The largest absolute Gasteiger partial charge is 0.479 e. The molecule has 0 aliphatic carbocycles. The van der Waals surface area contributed by atoms with E-state index < -0.39 is 11.6 Å². The number of aromatic nitrogens is 1. The summed E-state index contributed by atoms with van der Waals surface area (Å²) in [6, 6.07) is 4.96. The topological polar surface area (TPSA) is 90.3 Å². The fourth-order valence-electron chi connectivity index (χ4n) is 3.34. The molecule has 0 saturated carbocycles. The van der Waals surface area contributed by atoms with Gasteiger partial charge in [0, 0.05) is 43.5 Å². The summed E-state index contributed by atoms with van der Waals surface area (Å²) in [5.74, 6) is -1.05. The molecule has 8 nitrogen and oxygen atoms in total. The number of aliphatic imine (C=N–C) groups is 1. The van der Waals surface area contributed by atoms with Crippen molar-refractivity contribution in [2.45, 2.75) is 13.8 Å². The molecule has 160 valence electrons. The first-order valence-electron chi connectivity index (χ1n) is 9.33. The number of piperazine rings is 1. The monoisotopic (exact) mass is 419 g/mol. The van der Waals surface area contributed by atoms with Crippen LogP contribution < -0.4 is 15.1 Å². The number of aryl methyl sites for hydroxylation is 1. The third-order valence-electron chi connectivity index (χ3n) is 4.85. The predicted octanol–water partition coefficient (Wildman–Crippen LogP) is 2.67. The molecule has 0 atom stereocenters. The van der Waals surface area contributed by atoms with Crippen molar-refractivity contribution in [3.63, 3.8) is 0 Å². The highest BCUT2D eigenvalue weighted by molar-refractivity contribution is 5.96. The van der Waals surface area contributed by atoms with Crippen molar-refractivity contribution in [3.05, 3.63) is 47.2 Å². The van der Waals surface area contributed by atoms with Crippen LogP contribution in [-0.2, 0) is 0 Å². The van der Waals surface area contributed by atoms with Crippen molar-refractivity contribution in [2.24, 2.45) is 4.99 Å². The van der Waals surface area contributed by atoms with E-state index in [0.717, 1.165) is 6.07 Å². The van der Waals surface area contributed by atoms with Crippen molar-refractivity contribution < 1.29 is 23.5 Å². The van der Waals surface area contributed by atoms with Crippen molar-refractivity contribution in [1.82, 2.24) is 15.4 Å². The molecule has 1 aromatic heterocycles. The Balaban J connectivity index is 1.81. The van der Waals surface area contributed by atoms with E-state index in [1.165, 1.54) is 26.2 Å². The van der Waals surface area contributed by atoms with E-state index in [4.69, 9.17) is 4.74 Å². The molecule has 30 heavy (non-hydrogen) atoms. The van der Waals surface area contributed by atoms with E-state index in [-0.39, 0.29) is 17.6 Å². The predicted molar refractivity (Wildman–Crippen MR) is 108 cm³/mol. The molecule has 1 aromatic carbocycles. The Morgan fingerprint density at radius 3 is 2.33 bits per heavy atom. The van der Waals surface area contributed by atoms with E-state index in [1.807, 2.05) is 4.90 Å². The first-order valence-corrected chi connectivity index (χ1v) is 9.33. The van der Waals surface area contributed by atoms with Gasteiger partial charge in [-0.3, -0.25) is 10.0 Å². The Labute approximate surface area is 172 Å². The maximum absolute atomic E-state index is 13.5. The van der Waals surface area contributed by atoms with Crippen LogP contribution in [0.25, 0.3) is 0 Å². The number of ether oxygens (including phenoxy) is 1. The summed E-state index contributed by atoms with van der Waals surface area (Å²) >= 11 is 0. The quantitative estimate of drug-likeness (QED) is 0.341. The second-order valence-electron chi connectivity index (χ2n) is 6.85. The lowest BCUT2D eigenvalue weighted by atomic mass is 10.1. The van der Waals surface area contributed by atoms with Crippen LogP contribution >= 0.6 is 0 Å². The lowest BCUT2D eigenvalue weighted by Gasteiger charge is -2.37. The first-order chi connectivity index (χ1) is 14.3. The summed E-state index contributed by atoms with van der Waals surface area (Å²) in [6.07, 6.45) is 0. The third-order valence-corrected chi connectivity index (χ3v) is 4.85. The number of carbonyl (C=O) groups excluding carboxylic acids is 1. The maximum atomic E-state index is 13.5. The molecule has 10 heteroatoms. The standard InChI is InChI=1S/C20H23F2N5O3/c1-12-17(13(2)28)11-18(19(23-12)30-3)24-20(25-29)27-6-4-26(5-7-27)16-9-14(21)8-15(22)10-16/h8-11,29H,4-7H2,1-3H3,(H,24,25). The minimum absolute atomic E-state index is 0.151. The van der Waals surface area contributed by atoms with Gasteiger partial charge in [0.15, 0.2) is 5.78 Å². The molecule has 2 heterocycles. The van der Waals surface area contributed by atoms with Gasteiger partial charge in [-0.1, -0.05) is 0 Å². The van der Waals surface area contributed by atoms with Gasteiger partial charge in [-0.15, -0.1) is 0 Å². The highest BCUT2D eigenvalue weighted by atomic mass is 19.1. The van der Waals surface area contributed by atoms with Crippen molar-refractivity contribution >= 4 is 23.1 Å². The molecular formula is C20H23F2N5O3.